The van der Waals surface area contributed by atoms with Crippen molar-refractivity contribution in [3.8, 4) is 11.8 Å². The first-order chi connectivity index (χ1) is 10.7. The van der Waals surface area contributed by atoms with E-state index in [1.807, 2.05) is 31.2 Å². The summed E-state index contributed by atoms with van der Waals surface area (Å²) in [5, 5.41) is 19.8. The molecule has 0 bridgehead atoms. The molecule has 0 amide bonds. The van der Waals surface area contributed by atoms with Crippen molar-refractivity contribution < 1.29 is 14.3 Å². The van der Waals surface area contributed by atoms with Crippen LogP contribution in [0.3, 0.4) is 0 Å². The number of hydrogen-bond acceptors (Lipinski definition) is 4. The molecule has 108 valence electrons. The summed E-state index contributed by atoms with van der Waals surface area (Å²) in [6.45, 7) is 1.90. The minimum atomic E-state index is -0.337. The number of furan rings is 1. The van der Waals surface area contributed by atoms with Gasteiger partial charge in [0.25, 0.3) is 0 Å². The second-order valence-electron chi connectivity index (χ2n) is 4.89. The van der Waals surface area contributed by atoms with Crippen LogP contribution in [0.1, 0.15) is 34.2 Å². The lowest BCUT2D eigenvalue weighted by molar-refractivity contribution is 0.103. The van der Waals surface area contributed by atoms with Crippen molar-refractivity contribution in [2.75, 3.05) is 0 Å². The molecule has 22 heavy (non-hydrogen) atoms. The first-order valence-electron chi connectivity index (χ1n) is 6.94. The number of phenols is 1. The van der Waals surface area contributed by atoms with Crippen LogP contribution in [0.2, 0.25) is 0 Å². The number of carbonyl (C=O) groups excluding carboxylic acids is 1. The number of nitriles is 1. The minimum Gasteiger partial charge on any atom is -0.506 e. The Kier molecular flexibility index (Phi) is 3.40. The van der Waals surface area contributed by atoms with Crippen LogP contribution in [0.15, 0.2) is 46.9 Å². The van der Waals surface area contributed by atoms with Crippen LogP contribution in [0, 0.1) is 11.3 Å². The van der Waals surface area contributed by atoms with Crippen molar-refractivity contribution in [3.05, 3.63) is 64.9 Å². The number of ketones is 1. The molecule has 0 spiro atoms. The van der Waals surface area contributed by atoms with Gasteiger partial charge in [-0.25, -0.2) is 0 Å². The SMILES string of the molecule is CCc1oc2ccccc2c1C(=O)c1cccc(C#N)c1O. The van der Waals surface area contributed by atoms with Gasteiger partial charge in [-0.3, -0.25) is 4.79 Å². The Morgan fingerprint density at radius 1 is 1.23 bits per heavy atom. The molecule has 4 heteroatoms. The second-order valence-corrected chi connectivity index (χ2v) is 4.89. The summed E-state index contributed by atoms with van der Waals surface area (Å²) in [6.07, 6.45) is 0.564. The highest BCUT2D eigenvalue weighted by Crippen LogP contribution is 2.31. The van der Waals surface area contributed by atoms with Crippen molar-refractivity contribution in [2.45, 2.75) is 13.3 Å². The van der Waals surface area contributed by atoms with E-state index in [2.05, 4.69) is 0 Å². The molecule has 0 saturated carbocycles. The van der Waals surface area contributed by atoms with E-state index in [1.54, 1.807) is 12.1 Å². The molecule has 0 aliphatic rings. The lowest BCUT2D eigenvalue weighted by Crippen LogP contribution is -2.04. The van der Waals surface area contributed by atoms with Gasteiger partial charge in [0.1, 0.15) is 23.2 Å². The van der Waals surface area contributed by atoms with Crippen molar-refractivity contribution in [2.24, 2.45) is 0 Å². The average molecular weight is 291 g/mol. The molecule has 1 N–H and O–H groups in total. The highest BCUT2D eigenvalue weighted by molar-refractivity contribution is 6.18. The van der Waals surface area contributed by atoms with Crippen molar-refractivity contribution in [3.63, 3.8) is 0 Å². The third kappa shape index (κ3) is 2.04. The summed E-state index contributed by atoms with van der Waals surface area (Å²) < 4.78 is 5.72. The van der Waals surface area contributed by atoms with Crippen molar-refractivity contribution in [1.29, 1.82) is 5.26 Å². The summed E-state index contributed by atoms with van der Waals surface area (Å²) in [5.74, 6) is -0.0494. The van der Waals surface area contributed by atoms with Gasteiger partial charge < -0.3 is 9.52 Å². The lowest BCUT2D eigenvalue weighted by Gasteiger charge is -2.05. The largest absolute Gasteiger partial charge is 0.506 e. The molecule has 0 saturated heterocycles. The number of para-hydroxylation sites is 2. The molecule has 4 nitrogen and oxygen atoms in total. The van der Waals surface area contributed by atoms with Gasteiger partial charge in [0.05, 0.1) is 16.7 Å². The van der Waals surface area contributed by atoms with Crippen molar-refractivity contribution >= 4 is 16.8 Å². The maximum absolute atomic E-state index is 12.9. The van der Waals surface area contributed by atoms with Gasteiger partial charge in [0, 0.05) is 11.8 Å². The van der Waals surface area contributed by atoms with Crippen LogP contribution >= 0.6 is 0 Å². The van der Waals surface area contributed by atoms with E-state index in [9.17, 15) is 9.90 Å². The quantitative estimate of drug-likeness (QED) is 0.745. The molecule has 0 atom stereocenters. The standard InChI is InChI=1S/C18H13NO3/c1-2-14-16(12-7-3-4-9-15(12)22-14)18(21)13-8-5-6-11(10-19)17(13)20/h3-9,20H,2H2,1H3. The Morgan fingerprint density at radius 2 is 2.00 bits per heavy atom. The summed E-state index contributed by atoms with van der Waals surface area (Å²) >= 11 is 0. The van der Waals surface area contributed by atoms with Gasteiger partial charge in [-0.05, 0) is 18.2 Å². The van der Waals surface area contributed by atoms with Gasteiger partial charge in [0.15, 0.2) is 0 Å². The second kappa shape index (κ2) is 5.38. The molecule has 1 aromatic heterocycles. The zero-order valence-corrected chi connectivity index (χ0v) is 12.0. The van der Waals surface area contributed by atoms with Crippen LogP contribution in [-0.2, 0) is 6.42 Å². The number of benzene rings is 2. The Morgan fingerprint density at radius 3 is 2.73 bits per heavy atom. The van der Waals surface area contributed by atoms with Crippen LogP contribution in [0.5, 0.6) is 5.75 Å². The van der Waals surface area contributed by atoms with Gasteiger partial charge in [-0.2, -0.15) is 5.26 Å². The normalized spacial score (nSPS) is 10.5. The Balaban J connectivity index is 2.24. The van der Waals surface area contributed by atoms with Crippen LogP contribution in [0.25, 0.3) is 11.0 Å². The topological polar surface area (TPSA) is 74.2 Å². The molecular weight excluding hydrogens is 278 g/mol. The summed E-state index contributed by atoms with van der Waals surface area (Å²) in [4.78, 5) is 12.9. The van der Waals surface area contributed by atoms with Gasteiger partial charge in [-0.1, -0.05) is 31.2 Å². The first-order valence-corrected chi connectivity index (χ1v) is 6.94. The number of rotatable bonds is 3. The van der Waals surface area contributed by atoms with E-state index >= 15 is 0 Å². The van der Waals surface area contributed by atoms with Crippen LogP contribution in [0.4, 0.5) is 0 Å². The molecule has 0 unspecified atom stereocenters. The average Bonchev–Trinajstić information content (AvgIpc) is 2.93. The monoisotopic (exact) mass is 291 g/mol. The Labute approximate surface area is 127 Å². The molecular formula is C18H13NO3. The molecule has 0 radical (unpaired) electrons. The smallest absolute Gasteiger partial charge is 0.200 e. The minimum absolute atomic E-state index is 0.0803. The maximum atomic E-state index is 12.9. The number of carbonyl (C=O) groups is 1. The summed E-state index contributed by atoms with van der Waals surface area (Å²) in [5.41, 5.74) is 1.28. The molecule has 2 aromatic carbocycles. The number of aryl methyl sites for hydroxylation is 1. The fourth-order valence-corrected chi connectivity index (χ4v) is 2.55. The highest BCUT2D eigenvalue weighted by atomic mass is 16.3. The molecule has 0 fully saturated rings. The Bertz CT molecular complexity index is 916. The van der Waals surface area contributed by atoms with E-state index in [0.717, 1.165) is 0 Å². The van der Waals surface area contributed by atoms with Crippen LogP contribution in [-0.4, -0.2) is 10.9 Å². The first kappa shape index (κ1) is 13.9. The number of fused-ring (bicyclic) bond motifs is 1. The van der Waals surface area contributed by atoms with Gasteiger partial charge in [-0.15, -0.1) is 0 Å². The Hall–Kier alpha value is -3.06. The highest BCUT2D eigenvalue weighted by Gasteiger charge is 2.23. The summed E-state index contributed by atoms with van der Waals surface area (Å²) in [6, 6.07) is 13.7. The fraction of sp³-hybridized carbons (Fsp3) is 0.111. The van der Waals surface area contributed by atoms with Crippen molar-refractivity contribution in [1.82, 2.24) is 0 Å². The van der Waals surface area contributed by atoms with Crippen LogP contribution < -0.4 is 0 Å². The molecule has 3 aromatic rings. The van der Waals surface area contributed by atoms with E-state index in [-0.39, 0.29) is 22.7 Å². The third-order valence-corrected chi connectivity index (χ3v) is 3.62. The molecule has 3 rings (SSSR count). The van der Waals surface area contributed by atoms with E-state index in [1.165, 1.54) is 12.1 Å². The predicted molar refractivity (Wildman–Crippen MR) is 81.8 cm³/mol. The van der Waals surface area contributed by atoms with Gasteiger partial charge in [0.2, 0.25) is 5.78 Å². The van der Waals surface area contributed by atoms with E-state index in [0.29, 0.717) is 28.7 Å². The predicted octanol–water partition coefficient (Wildman–Crippen LogP) is 3.80. The summed E-state index contributed by atoms with van der Waals surface area (Å²) in [7, 11) is 0. The fourth-order valence-electron chi connectivity index (χ4n) is 2.55. The number of nitrogens with zero attached hydrogens (tertiary/aromatic N) is 1. The maximum Gasteiger partial charge on any atom is 0.200 e. The zero-order valence-electron chi connectivity index (χ0n) is 12.0. The zero-order chi connectivity index (χ0) is 15.7. The lowest BCUT2D eigenvalue weighted by atomic mass is 9.97. The van der Waals surface area contributed by atoms with E-state index in [4.69, 9.17) is 9.68 Å². The molecule has 1 heterocycles. The number of hydrogen-bond donors (Lipinski definition) is 1. The number of aromatic hydroxyl groups is 1. The van der Waals surface area contributed by atoms with Gasteiger partial charge >= 0.3 is 0 Å². The van der Waals surface area contributed by atoms with E-state index < -0.39 is 0 Å². The molecule has 0 aliphatic carbocycles. The number of phenolic OH excluding ortho intramolecular Hbond substituents is 1. The molecule has 0 aliphatic heterocycles. The third-order valence-electron chi connectivity index (χ3n) is 3.62.